The van der Waals surface area contributed by atoms with Crippen molar-refractivity contribution in [2.45, 2.75) is 50.5 Å². The van der Waals surface area contributed by atoms with Gasteiger partial charge in [0.1, 0.15) is 0 Å². The molecule has 1 atom stereocenters. The van der Waals surface area contributed by atoms with Crippen LogP contribution in [0.3, 0.4) is 0 Å². The van der Waals surface area contributed by atoms with Gasteiger partial charge in [-0.2, -0.15) is 0 Å². The summed E-state index contributed by atoms with van der Waals surface area (Å²) in [5.74, 6) is -0.876. The second-order valence-corrected chi connectivity index (χ2v) is 7.80. The molecule has 2 aromatic rings. The molecule has 1 aliphatic rings. The van der Waals surface area contributed by atoms with Gasteiger partial charge in [0.25, 0.3) is 0 Å². The quantitative estimate of drug-likeness (QED) is 0.716. The molecule has 0 radical (unpaired) electrons. The Kier molecular flexibility index (Phi) is 7.04. The molecule has 1 unspecified atom stereocenters. The maximum Gasteiger partial charge on any atom is 0.303 e. The fourth-order valence-electron chi connectivity index (χ4n) is 4.19. The Morgan fingerprint density at radius 1 is 1.07 bits per heavy atom. The second kappa shape index (κ2) is 9.70. The van der Waals surface area contributed by atoms with Gasteiger partial charge in [-0.05, 0) is 49.3 Å². The molecular formula is C24H29NO4. The Labute approximate surface area is 172 Å². The van der Waals surface area contributed by atoms with E-state index >= 15 is 0 Å². The lowest BCUT2D eigenvalue weighted by molar-refractivity contribution is -0.138. The van der Waals surface area contributed by atoms with E-state index in [-0.39, 0.29) is 18.4 Å². The first-order valence-electron chi connectivity index (χ1n) is 10.2. The highest BCUT2D eigenvalue weighted by Crippen LogP contribution is 2.37. The molecule has 1 fully saturated rings. The largest absolute Gasteiger partial charge is 0.481 e. The van der Waals surface area contributed by atoms with Crippen molar-refractivity contribution < 1.29 is 19.4 Å². The Bertz CT molecular complexity index is 828. The van der Waals surface area contributed by atoms with Crippen LogP contribution in [0, 0.1) is 6.92 Å². The number of ether oxygens (including phenoxy) is 1. The van der Waals surface area contributed by atoms with Crippen LogP contribution in [0.1, 0.15) is 42.4 Å². The van der Waals surface area contributed by atoms with Gasteiger partial charge in [-0.15, -0.1) is 0 Å². The van der Waals surface area contributed by atoms with Crippen molar-refractivity contribution in [3.8, 4) is 0 Å². The third-order valence-corrected chi connectivity index (χ3v) is 5.81. The molecule has 0 spiro atoms. The van der Waals surface area contributed by atoms with Crippen LogP contribution in [0.5, 0.6) is 0 Å². The van der Waals surface area contributed by atoms with Crippen LogP contribution >= 0.6 is 0 Å². The SMILES string of the molecule is Cc1ccccc1C1(C(=O)NC(CCC(=O)O)Cc2ccccc2)CCOCC1. The number of hydrogen-bond donors (Lipinski definition) is 2. The molecule has 5 heteroatoms. The molecule has 1 aliphatic heterocycles. The number of carboxylic acid groups (broad SMARTS) is 1. The molecule has 0 aromatic heterocycles. The molecule has 3 rings (SSSR count). The summed E-state index contributed by atoms with van der Waals surface area (Å²) in [4.78, 5) is 24.7. The van der Waals surface area contributed by atoms with Crippen molar-refractivity contribution in [2.75, 3.05) is 13.2 Å². The minimum absolute atomic E-state index is 0.0260. The Morgan fingerprint density at radius 2 is 1.72 bits per heavy atom. The van der Waals surface area contributed by atoms with E-state index in [1.807, 2.05) is 61.5 Å². The van der Waals surface area contributed by atoms with Gasteiger partial charge in [-0.3, -0.25) is 9.59 Å². The van der Waals surface area contributed by atoms with Gasteiger partial charge in [0.05, 0.1) is 5.41 Å². The first-order valence-corrected chi connectivity index (χ1v) is 10.2. The summed E-state index contributed by atoms with van der Waals surface area (Å²) in [6.45, 7) is 3.12. The number of amides is 1. The number of rotatable bonds is 8. The monoisotopic (exact) mass is 395 g/mol. The molecule has 5 nitrogen and oxygen atoms in total. The van der Waals surface area contributed by atoms with E-state index in [2.05, 4.69) is 5.32 Å². The van der Waals surface area contributed by atoms with Crippen LogP contribution in [0.4, 0.5) is 0 Å². The maximum atomic E-state index is 13.6. The highest BCUT2D eigenvalue weighted by atomic mass is 16.5. The fourth-order valence-corrected chi connectivity index (χ4v) is 4.19. The Hall–Kier alpha value is -2.66. The first kappa shape index (κ1) is 21.1. The zero-order valence-corrected chi connectivity index (χ0v) is 16.9. The van der Waals surface area contributed by atoms with E-state index in [0.29, 0.717) is 38.9 Å². The number of benzene rings is 2. The summed E-state index contributed by atoms with van der Waals surface area (Å²) in [5.41, 5.74) is 2.58. The molecule has 0 saturated carbocycles. The maximum absolute atomic E-state index is 13.6. The van der Waals surface area contributed by atoms with Crippen molar-refractivity contribution >= 4 is 11.9 Å². The van der Waals surface area contributed by atoms with Crippen LogP contribution in [-0.4, -0.2) is 36.2 Å². The Balaban J connectivity index is 1.84. The van der Waals surface area contributed by atoms with Gasteiger partial charge < -0.3 is 15.2 Å². The van der Waals surface area contributed by atoms with E-state index < -0.39 is 11.4 Å². The van der Waals surface area contributed by atoms with E-state index in [1.54, 1.807) is 0 Å². The lowest BCUT2D eigenvalue weighted by Crippen LogP contribution is -2.51. The van der Waals surface area contributed by atoms with Crippen molar-refractivity contribution in [1.82, 2.24) is 5.32 Å². The zero-order chi connectivity index (χ0) is 20.7. The minimum atomic E-state index is -0.850. The zero-order valence-electron chi connectivity index (χ0n) is 16.9. The van der Waals surface area contributed by atoms with Crippen LogP contribution < -0.4 is 5.32 Å². The number of carbonyl (C=O) groups excluding carboxylic acids is 1. The third kappa shape index (κ3) is 5.24. The molecule has 2 N–H and O–H groups in total. The third-order valence-electron chi connectivity index (χ3n) is 5.81. The fraction of sp³-hybridized carbons (Fsp3) is 0.417. The van der Waals surface area contributed by atoms with Crippen molar-refractivity contribution in [2.24, 2.45) is 0 Å². The topological polar surface area (TPSA) is 75.6 Å². The summed E-state index contributed by atoms with van der Waals surface area (Å²) in [7, 11) is 0. The predicted molar refractivity (Wildman–Crippen MR) is 112 cm³/mol. The molecule has 1 amide bonds. The average molecular weight is 395 g/mol. The predicted octanol–water partition coefficient (Wildman–Crippen LogP) is 3.64. The molecular weight excluding hydrogens is 366 g/mol. The van der Waals surface area contributed by atoms with Gasteiger partial charge in [-0.1, -0.05) is 54.6 Å². The summed E-state index contributed by atoms with van der Waals surface area (Å²) in [5, 5.41) is 12.3. The Morgan fingerprint density at radius 3 is 2.38 bits per heavy atom. The van der Waals surface area contributed by atoms with Crippen LogP contribution in [-0.2, 0) is 26.2 Å². The normalized spacial score (nSPS) is 16.7. The second-order valence-electron chi connectivity index (χ2n) is 7.80. The number of hydrogen-bond acceptors (Lipinski definition) is 3. The van der Waals surface area contributed by atoms with Gasteiger partial charge in [-0.25, -0.2) is 0 Å². The molecule has 0 bridgehead atoms. The number of aliphatic carboxylic acids is 1. The van der Waals surface area contributed by atoms with Gasteiger partial charge >= 0.3 is 5.97 Å². The van der Waals surface area contributed by atoms with Crippen LogP contribution in [0.2, 0.25) is 0 Å². The highest BCUT2D eigenvalue weighted by molar-refractivity contribution is 5.89. The summed E-state index contributed by atoms with van der Waals surface area (Å²) < 4.78 is 5.56. The molecule has 29 heavy (non-hydrogen) atoms. The number of aryl methyl sites for hydroxylation is 1. The van der Waals surface area contributed by atoms with E-state index in [0.717, 1.165) is 16.7 Å². The van der Waals surface area contributed by atoms with Crippen molar-refractivity contribution in [3.05, 3.63) is 71.3 Å². The minimum Gasteiger partial charge on any atom is -0.481 e. The van der Waals surface area contributed by atoms with E-state index in [1.165, 1.54) is 0 Å². The van der Waals surface area contributed by atoms with Gasteiger partial charge in [0.15, 0.2) is 0 Å². The lowest BCUT2D eigenvalue weighted by atomic mass is 9.71. The average Bonchev–Trinajstić information content (AvgIpc) is 2.73. The molecule has 1 saturated heterocycles. The van der Waals surface area contributed by atoms with Crippen molar-refractivity contribution in [1.29, 1.82) is 0 Å². The van der Waals surface area contributed by atoms with Crippen molar-refractivity contribution in [3.63, 3.8) is 0 Å². The van der Waals surface area contributed by atoms with Crippen LogP contribution in [0.15, 0.2) is 54.6 Å². The highest BCUT2D eigenvalue weighted by Gasteiger charge is 2.43. The van der Waals surface area contributed by atoms with Gasteiger partial charge in [0.2, 0.25) is 5.91 Å². The molecule has 0 aliphatic carbocycles. The molecule has 2 aromatic carbocycles. The number of carbonyl (C=O) groups is 2. The summed E-state index contributed by atoms with van der Waals surface area (Å²) in [6.07, 6.45) is 2.29. The van der Waals surface area contributed by atoms with Gasteiger partial charge in [0, 0.05) is 25.7 Å². The van der Waals surface area contributed by atoms with E-state index in [9.17, 15) is 9.59 Å². The smallest absolute Gasteiger partial charge is 0.303 e. The molecule has 154 valence electrons. The number of nitrogens with one attached hydrogen (secondary N) is 1. The number of carboxylic acids is 1. The van der Waals surface area contributed by atoms with E-state index in [4.69, 9.17) is 9.84 Å². The standard InChI is InChI=1S/C24H29NO4/c1-18-7-5-6-10-21(18)24(13-15-29-16-14-24)23(28)25-20(11-12-22(26)27)17-19-8-3-2-4-9-19/h2-10,20H,11-17H2,1H3,(H,25,28)(H,26,27). The molecule has 1 heterocycles. The lowest BCUT2D eigenvalue weighted by Gasteiger charge is -2.38. The summed E-state index contributed by atoms with van der Waals surface area (Å²) in [6, 6.07) is 17.7. The first-order chi connectivity index (χ1) is 14.0. The van der Waals surface area contributed by atoms with Crippen LogP contribution in [0.25, 0.3) is 0 Å². The summed E-state index contributed by atoms with van der Waals surface area (Å²) >= 11 is 0.